The lowest BCUT2D eigenvalue weighted by molar-refractivity contribution is 0.108. The topological polar surface area (TPSA) is 124 Å². The van der Waals surface area contributed by atoms with Gasteiger partial charge in [0.1, 0.15) is 41.5 Å². The van der Waals surface area contributed by atoms with Crippen LogP contribution in [-0.2, 0) is 6.42 Å². The molecule has 2 fully saturated rings. The van der Waals surface area contributed by atoms with E-state index >= 15 is 4.39 Å². The molecule has 0 radical (unpaired) electrons. The number of nitrogens with one attached hydrogen (secondary N) is 1. The van der Waals surface area contributed by atoms with Crippen LogP contribution in [0.3, 0.4) is 0 Å². The molecule has 0 saturated carbocycles. The fourth-order valence-electron chi connectivity index (χ4n) is 8.10. The molecule has 2 aliphatic heterocycles. The molecule has 7 rings (SSSR count). The molecule has 14 heteroatoms. The summed E-state index contributed by atoms with van der Waals surface area (Å²) in [7, 11) is 1.36. The van der Waals surface area contributed by atoms with Gasteiger partial charge in [-0.3, -0.25) is 4.90 Å². The lowest BCUT2D eigenvalue weighted by atomic mass is 9.95. The van der Waals surface area contributed by atoms with Gasteiger partial charge in [-0.2, -0.15) is 9.97 Å². The molecule has 0 amide bonds. The monoisotopic (exact) mass is 786 g/mol. The number of terminal acetylenes is 1. The fraction of sp³-hybridized carbons (Fsp3) is 0.465. The molecule has 1 unspecified atom stereocenters. The highest BCUT2D eigenvalue weighted by atomic mass is 19.3. The fourth-order valence-corrected chi connectivity index (χ4v) is 8.10. The second-order valence-corrected chi connectivity index (χ2v) is 14.7. The molecule has 5 heterocycles. The number of pyridine rings is 1. The van der Waals surface area contributed by atoms with Crippen LogP contribution in [0.25, 0.3) is 32.9 Å². The Morgan fingerprint density at radius 3 is 2.53 bits per heavy atom. The second-order valence-electron chi connectivity index (χ2n) is 14.7. The molecule has 2 aliphatic rings. The van der Waals surface area contributed by atoms with Crippen molar-refractivity contribution in [2.24, 2.45) is 5.92 Å². The maximum atomic E-state index is 16.8. The Morgan fingerprint density at radius 2 is 1.82 bits per heavy atom. The molecule has 1 atom stereocenters. The Balaban J connectivity index is 0.000000432. The van der Waals surface area contributed by atoms with E-state index in [2.05, 4.69) is 54.7 Å². The molecule has 5 aromatic rings. The third kappa shape index (κ3) is 9.21. The van der Waals surface area contributed by atoms with Crippen LogP contribution in [0.4, 0.5) is 23.4 Å². The van der Waals surface area contributed by atoms with Crippen LogP contribution >= 0.6 is 0 Å². The summed E-state index contributed by atoms with van der Waals surface area (Å²) in [6.07, 6.45) is 13.1. The van der Waals surface area contributed by atoms with E-state index < -0.39 is 18.1 Å². The maximum Gasteiger partial charge on any atom is 0.319 e. The molecule has 2 aromatic carbocycles. The Labute approximate surface area is 331 Å². The smallest absolute Gasteiger partial charge is 0.319 e. The van der Waals surface area contributed by atoms with Crippen LogP contribution in [0.15, 0.2) is 42.7 Å². The highest BCUT2D eigenvalue weighted by Crippen LogP contribution is 2.40. The van der Waals surface area contributed by atoms with Gasteiger partial charge in [0.15, 0.2) is 5.82 Å². The minimum absolute atomic E-state index is 0.0271. The number of nitrogens with two attached hydrogens (primary N) is 1. The van der Waals surface area contributed by atoms with Gasteiger partial charge in [-0.1, -0.05) is 50.5 Å². The number of anilines is 1. The van der Waals surface area contributed by atoms with Crippen molar-refractivity contribution in [2.75, 3.05) is 45.6 Å². The van der Waals surface area contributed by atoms with Crippen molar-refractivity contribution in [3.05, 3.63) is 71.3 Å². The summed E-state index contributed by atoms with van der Waals surface area (Å²) in [5.74, 6) is 2.07. The number of hydrogen-bond acceptors (Lipinski definition) is 10. The maximum absolute atomic E-state index is 16.8. The molecule has 57 heavy (non-hydrogen) atoms. The van der Waals surface area contributed by atoms with Gasteiger partial charge < -0.3 is 20.5 Å². The number of alkyl halides is 2. The van der Waals surface area contributed by atoms with Gasteiger partial charge in [0.25, 0.3) is 6.43 Å². The van der Waals surface area contributed by atoms with E-state index in [-0.39, 0.29) is 45.7 Å². The summed E-state index contributed by atoms with van der Waals surface area (Å²) in [4.78, 5) is 23.4. The molecule has 302 valence electrons. The summed E-state index contributed by atoms with van der Waals surface area (Å²) in [5, 5.41) is 5.06. The molecule has 10 nitrogen and oxygen atoms in total. The SMILES string of the molecule is C#Cc1c(F)ccc2cccc(-c3nc(CCCC(CC)CNCCC)c4c(N)nc(OCC56CCCN5CCC6)nc4c3F)c12.COc1cc(C(F)F)ncn1. The average molecular weight is 787 g/mol. The van der Waals surface area contributed by atoms with Gasteiger partial charge in [0, 0.05) is 17.0 Å². The van der Waals surface area contributed by atoms with E-state index in [1.807, 2.05) is 6.07 Å². The Hall–Kier alpha value is -5.13. The van der Waals surface area contributed by atoms with Crippen molar-refractivity contribution in [1.82, 2.24) is 35.1 Å². The molecule has 3 aromatic heterocycles. The first kappa shape index (κ1) is 41.5. The van der Waals surface area contributed by atoms with Crippen LogP contribution in [0.2, 0.25) is 0 Å². The number of fused-ring (bicyclic) bond motifs is 3. The van der Waals surface area contributed by atoms with Gasteiger partial charge >= 0.3 is 6.01 Å². The Morgan fingerprint density at radius 1 is 1.04 bits per heavy atom. The standard InChI is InChI=1S/C37H44F2N6O.C6H6F2N2O/c1-4-19-41-22-24(5-2)11-7-14-29-31-34(43-36(44-35(31)40)46-23-37-17-9-20-45(37)21-10-18-37)32(39)33(42-29)27-13-8-12-25-15-16-28(38)26(6-3)30(25)27;1-11-5-2-4(6(7)8)9-3-10-5/h3,8,12-13,15-16,24,41H,4-5,7,9-11,14,17-23H2,1-2H3,(H2,40,43,44);2-3,6H,1H3. The van der Waals surface area contributed by atoms with Crippen molar-refractivity contribution >= 4 is 27.5 Å². The number of ether oxygens (including phenoxy) is 2. The lowest BCUT2D eigenvalue weighted by Crippen LogP contribution is -2.43. The highest BCUT2D eigenvalue weighted by molar-refractivity contribution is 6.02. The molecule has 2 saturated heterocycles. The number of hydrogen-bond donors (Lipinski definition) is 2. The first-order chi connectivity index (χ1) is 27.6. The van der Waals surface area contributed by atoms with E-state index in [0.717, 1.165) is 89.9 Å². The van der Waals surface area contributed by atoms with Crippen molar-refractivity contribution < 1.29 is 27.0 Å². The van der Waals surface area contributed by atoms with E-state index in [1.54, 1.807) is 18.2 Å². The van der Waals surface area contributed by atoms with Crippen molar-refractivity contribution in [3.8, 4) is 35.5 Å². The zero-order chi connectivity index (χ0) is 40.5. The molecule has 3 N–H and O–H groups in total. The molecular formula is C43H50F4N8O2. The van der Waals surface area contributed by atoms with Crippen LogP contribution in [0.1, 0.15) is 88.6 Å². The number of aromatic nitrogens is 5. The first-order valence-electron chi connectivity index (χ1n) is 19.7. The second kappa shape index (κ2) is 18.9. The molecular weight excluding hydrogens is 737 g/mol. The number of halogens is 4. The molecule has 0 aliphatic carbocycles. The van der Waals surface area contributed by atoms with Crippen LogP contribution in [-0.4, -0.2) is 75.3 Å². The van der Waals surface area contributed by atoms with Crippen LogP contribution < -0.4 is 20.5 Å². The quantitative estimate of drug-likeness (QED) is 0.0607. The van der Waals surface area contributed by atoms with Gasteiger partial charge in [-0.15, -0.1) is 6.42 Å². The summed E-state index contributed by atoms with van der Waals surface area (Å²) in [6.45, 7) is 8.87. The van der Waals surface area contributed by atoms with E-state index in [1.165, 1.54) is 13.2 Å². The zero-order valence-corrected chi connectivity index (χ0v) is 32.8. The Bertz CT molecular complexity index is 2210. The van der Waals surface area contributed by atoms with Crippen LogP contribution in [0.5, 0.6) is 11.9 Å². The lowest BCUT2D eigenvalue weighted by Gasteiger charge is -2.31. The van der Waals surface area contributed by atoms with E-state index in [9.17, 15) is 13.2 Å². The minimum Gasteiger partial charge on any atom is -0.481 e. The van der Waals surface area contributed by atoms with Crippen LogP contribution in [0, 0.1) is 29.9 Å². The number of nitrogen functional groups attached to an aromatic ring is 1. The number of nitrogens with zero attached hydrogens (tertiary/aromatic N) is 6. The predicted octanol–water partition coefficient (Wildman–Crippen LogP) is 8.47. The largest absolute Gasteiger partial charge is 0.481 e. The summed E-state index contributed by atoms with van der Waals surface area (Å²) in [5.41, 5.74) is 7.43. The zero-order valence-electron chi connectivity index (χ0n) is 32.8. The number of benzene rings is 2. The summed E-state index contributed by atoms with van der Waals surface area (Å²) in [6, 6.07) is 9.50. The summed E-state index contributed by atoms with van der Waals surface area (Å²) >= 11 is 0. The van der Waals surface area contributed by atoms with Crippen molar-refractivity contribution in [3.63, 3.8) is 0 Å². The predicted molar refractivity (Wildman–Crippen MR) is 214 cm³/mol. The first-order valence-corrected chi connectivity index (χ1v) is 19.7. The van der Waals surface area contributed by atoms with Crippen molar-refractivity contribution in [2.45, 2.75) is 83.6 Å². The average Bonchev–Trinajstić information content (AvgIpc) is 3.81. The third-order valence-corrected chi connectivity index (χ3v) is 11.1. The molecule has 0 spiro atoms. The normalized spacial score (nSPS) is 15.4. The van der Waals surface area contributed by atoms with Gasteiger partial charge in [0.2, 0.25) is 5.88 Å². The Kier molecular flexibility index (Phi) is 13.7. The van der Waals surface area contributed by atoms with Crippen molar-refractivity contribution in [1.29, 1.82) is 0 Å². The van der Waals surface area contributed by atoms with E-state index in [4.69, 9.17) is 21.9 Å². The molecule has 0 bridgehead atoms. The van der Waals surface area contributed by atoms with Gasteiger partial charge in [0.05, 0.1) is 29.3 Å². The number of rotatable bonds is 15. The minimum atomic E-state index is -2.58. The third-order valence-electron chi connectivity index (χ3n) is 11.1. The van der Waals surface area contributed by atoms with Gasteiger partial charge in [-0.05, 0) is 94.9 Å². The number of methoxy groups -OCH3 is 1. The summed E-state index contributed by atoms with van der Waals surface area (Å²) < 4.78 is 66.4. The number of aryl methyl sites for hydroxylation is 1. The van der Waals surface area contributed by atoms with Gasteiger partial charge in [-0.25, -0.2) is 32.5 Å². The van der Waals surface area contributed by atoms with E-state index in [0.29, 0.717) is 46.4 Å². The highest BCUT2D eigenvalue weighted by Gasteiger charge is 2.45.